The highest BCUT2D eigenvalue weighted by atomic mass is 35.5. The van der Waals surface area contributed by atoms with Crippen molar-refractivity contribution in [2.75, 3.05) is 31.1 Å². The zero-order chi connectivity index (χ0) is 21.4. The van der Waals surface area contributed by atoms with Crippen molar-refractivity contribution in [3.05, 3.63) is 58.1 Å². The number of nitrogens with zero attached hydrogens (tertiary/aromatic N) is 1. The number of piperazine rings is 1. The fourth-order valence-electron chi connectivity index (χ4n) is 4.18. The summed E-state index contributed by atoms with van der Waals surface area (Å²) in [7, 11) is 0. The maximum absolute atomic E-state index is 11.0. The molecular formula is C25H36ClN2O+. The fraction of sp³-hybridized carbons (Fsp3) is 0.520. The van der Waals surface area contributed by atoms with Crippen molar-refractivity contribution < 1.29 is 10.0 Å². The van der Waals surface area contributed by atoms with Crippen molar-refractivity contribution >= 4 is 17.3 Å². The molecule has 1 fully saturated rings. The first-order valence-corrected chi connectivity index (χ1v) is 11.0. The van der Waals surface area contributed by atoms with E-state index in [0.29, 0.717) is 5.75 Å². The normalized spacial score (nSPS) is 16.3. The van der Waals surface area contributed by atoms with E-state index in [0.717, 1.165) is 54.6 Å². The van der Waals surface area contributed by atoms with Crippen LogP contribution < -0.4 is 9.80 Å². The van der Waals surface area contributed by atoms with Crippen LogP contribution in [0.15, 0.2) is 36.4 Å². The first-order valence-electron chi connectivity index (χ1n) is 10.7. The van der Waals surface area contributed by atoms with Gasteiger partial charge in [-0.05, 0) is 35.1 Å². The summed E-state index contributed by atoms with van der Waals surface area (Å²) >= 11 is 6.39. The number of aromatic hydroxyl groups is 1. The van der Waals surface area contributed by atoms with Gasteiger partial charge in [-0.25, -0.2) is 0 Å². The van der Waals surface area contributed by atoms with Crippen molar-refractivity contribution in [2.45, 2.75) is 58.9 Å². The van der Waals surface area contributed by atoms with Crippen LogP contribution in [0, 0.1) is 0 Å². The van der Waals surface area contributed by atoms with E-state index in [-0.39, 0.29) is 10.8 Å². The first-order chi connectivity index (χ1) is 13.5. The Morgan fingerprint density at radius 2 is 1.45 bits per heavy atom. The van der Waals surface area contributed by atoms with Crippen molar-refractivity contribution in [3.8, 4) is 5.75 Å². The quantitative estimate of drug-likeness (QED) is 0.769. The number of phenolic OH excluding ortho intramolecular Hbond substituents is 1. The lowest BCUT2D eigenvalue weighted by Gasteiger charge is -2.34. The smallest absolute Gasteiger partial charge is 0.123 e. The molecule has 0 bridgehead atoms. The fourth-order valence-corrected chi connectivity index (χ4v) is 4.43. The van der Waals surface area contributed by atoms with Gasteiger partial charge in [0.2, 0.25) is 0 Å². The van der Waals surface area contributed by atoms with Gasteiger partial charge in [-0.3, -0.25) is 0 Å². The zero-order valence-corrected chi connectivity index (χ0v) is 19.5. The van der Waals surface area contributed by atoms with Crippen LogP contribution in [0.4, 0.5) is 5.69 Å². The number of benzene rings is 2. The van der Waals surface area contributed by atoms with E-state index in [1.807, 2.05) is 12.1 Å². The Morgan fingerprint density at radius 1 is 0.931 bits per heavy atom. The van der Waals surface area contributed by atoms with E-state index in [2.05, 4.69) is 70.7 Å². The average Bonchev–Trinajstić information content (AvgIpc) is 2.62. The molecule has 0 amide bonds. The van der Waals surface area contributed by atoms with Crippen LogP contribution in [0.25, 0.3) is 0 Å². The van der Waals surface area contributed by atoms with Gasteiger partial charge >= 0.3 is 0 Å². The number of phenols is 1. The van der Waals surface area contributed by atoms with Crippen LogP contribution in [0.5, 0.6) is 5.75 Å². The molecule has 29 heavy (non-hydrogen) atoms. The van der Waals surface area contributed by atoms with Crippen LogP contribution in [0.3, 0.4) is 0 Å². The highest BCUT2D eigenvalue weighted by Crippen LogP contribution is 2.39. The van der Waals surface area contributed by atoms with Crippen LogP contribution in [-0.2, 0) is 17.4 Å². The third-order valence-corrected chi connectivity index (χ3v) is 6.22. The number of para-hydroxylation sites is 1. The van der Waals surface area contributed by atoms with Crippen LogP contribution >= 0.6 is 11.6 Å². The maximum atomic E-state index is 11.0. The lowest BCUT2D eigenvalue weighted by atomic mass is 9.78. The molecule has 3 rings (SSSR count). The largest absolute Gasteiger partial charge is 0.507 e. The molecule has 1 heterocycles. The van der Waals surface area contributed by atoms with Gasteiger partial charge in [-0.2, -0.15) is 0 Å². The molecule has 3 nitrogen and oxygen atoms in total. The van der Waals surface area contributed by atoms with Crippen molar-refractivity contribution in [3.63, 3.8) is 0 Å². The third-order valence-electron chi connectivity index (χ3n) is 5.90. The number of nitrogens with one attached hydrogen (secondary N) is 1. The highest BCUT2D eigenvalue weighted by Gasteiger charge is 2.28. The van der Waals surface area contributed by atoms with Gasteiger partial charge in [0.1, 0.15) is 12.3 Å². The van der Waals surface area contributed by atoms with E-state index in [9.17, 15) is 5.11 Å². The summed E-state index contributed by atoms with van der Waals surface area (Å²) in [4.78, 5) is 3.97. The van der Waals surface area contributed by atoms with Crippen molar-refractivity contribution in [1.82, 2.24) is 0 Å². The molecule has 1 saturated heterocycles. The lowest BCUT2D eigenvalue weighted by molar-refractivity contribution is -0.914. The number of rotatable bonds is 3. The van der Waals surface area contributed by atoms with E-state index in [1.165, 1.54) is 5.56 Å². The Hall–Kier alpha value is -1.71. The molecule has 0 spiro atoms. The second-order valence-electron chi connectivity index (χ2n) is 10.4. The van der Waals surface area contributed by atoms with Crippen molar-refractivity contribution in [2.24, 2.45) is 0 Å². The number of hydrogen-bond donors (Lipinski definition) is 2. The molecule has 0 radical (unpaired) electrons. The average molecular weight is 416 g/mol. The van der Waals surface area contributed by atoms with Crippen LogP contribution in [0.1, 0.15) is 58.2 Å². The Kier molecular flexibility index (Phi) is 6.21. The molecule has 2 aromatic carbocycles. The molecule has 0 atom stereocenters. The van der Waals surface area contributed by atoms with Crippen LogP contribution in [-0.4, -0.2) is 31.3 Å². The predicted octanol–water partition coefficient (Wildman–Crippen LogP) is 4.55. The molecule has 1 aliphatic heterocycles. The molecule has 2 N–H and O–H groups in total. The molecule has 0 aromatic heterocycles. The molecule has 158 valence electrons. The third kappa shape index (κ3) is 5.07. The monoisotopic (exact) mass is 415 g/mol. The molecular weight excluding hydrogens is 380 g/mol. The minimum absolute atomic E-state index is 0.0851. The number of anilines is 1. The topological polar surface area (TPSA) is 27.9 Å². The van der Waals surface area contributed by atoms with E-state index in [4.69, 9.17) is 11.6 Å². The lowest BCUT2D eigenvalue weighted by Crippen LogP contribution is -3.13. The van der Waals surface area contributed by atoms with E-state index < -0.39 is 0 Å². The Bertz CT molecular complexity index is 821. The maximum Gasteiger partial charge on any atom is 0.123 e. The summed E-state index contributed by atoms with van der Waals surface area (Å²) in [6.07, 6.45) is 0. The summed E-state index contributed by atoms with van der Waals surface area (Å²) in [6.45, 7) is 18.2. The van der Waals surface area contributed by atoms with Gasteiger partial charge in [-0.15, -0.1) is 0 Å². The molecule has 0 aliphatic carbocycles. The minimum Gasteiger partial charge on any atom is -0.507 e. The Morgan fingerprint density at radius 3 is 1.93 bits per heavy atom. The first kappa shape index (κ1) is 22.0. The number of quaternary nitrogens is 1. The summed E-state index contributed by atoms with van der Waals surface area (Å²) in [6, 6.07) is 12.6. The van der Waals surface area contributed by atoms with Gasteiger partial charge in [-0.1, -0.05) is 65.3 Å². The minimum atomic E-state index is -0.0851. The molecule has 1 aliphatic rings. The van der Waals surface area contributed by atoms with Gasteiger partial charge in [0.05, 0.1) is 36.9 Å². The van der Waals surface area contributed by atoms with Gasteiger partial charge < -0.3 is 14.9 Å². The molecule has 4 heteroatoms. The Labute approximate surface area is 181 Å². The molecule has 0 saturated carbocycles. The molecule has 2 aromatic rings. The Balaban J connectivity index is 1.78. The standard InChI is InChI=1S/C25H35ClN2O/c1-24(2,3)19-15-18(16-20(23(19)29)25(4,5)6)17-27-11-13-28(14-12-27)22-10-8-7-9-21(22)26/h7-10,15-16,29H,11-14,17H2,1-6H3/p+1. The number of halogens is 1. The summed E-state index contributed by atoms with van der Waals surface area (Å²) in [5, 5.41) is 11.8. The van der Waals surface area contributed by atoms with Crippen LogP contribution in [0.2, 0.25) is 5.02 Å². The SMILES string of the molecule is CC(C)(C)c1cc(C[NH+]2CCN(c3ccccc3Cl)CC2)cc(C(C)(C)C)c1O. The highest BCUT2D eigenvalue weighted by molar-refractivity contribution is 6.33. The second-order valence-corrected chi connectivity index (χ2v) is 10.8. The molecule has 0 unspecified atom stereocenters. The van der Waals surface area contributed by atoms with E-state index in [1.54, 1.807) is 4.90 Å². The van der Waals surface area contributed by atoms with Gasteiger partial charge in [0.15, 0.2) is 0 Å². The predicted molar refractivity (Wildman–Crippen MR) is 124 cm³/mol. The van der Waals surface area contributed by atoms with E-state index >= 15 is 0 Å². The van der Waals surface area contributed by atoms with Crippen molar-refractivity contribution in [1.29, 1.82) is 0 Å². The summed E-state index contributed by atoms with van der Waals surface area (Å²) < 4.78 is 0. The van der Waals surface area contributed by atoms with Gasteiger partial charge in [0, 0.05) is 16.7 Å². The second kappa shape index (κ2) is 8.20. The zero-order valence-electron chi connectivity index (χ0n) is 18.8. The summed E-state index contributed by atoms with van der Waals surface area (Å²) in [5.41, 5.74) is 4.39. The summed E-state index contributed by atoms with van der Waals surface area (Å²) in [5.74, 6) is 0.465. The number of hydrogen-bond acceptors (Lipinski definition) is 2. The van der Waals surface area contributed by atoms with Gasteiger partial charge in [0.25, 0.3) is 0 Å².